The third kappa shape index (κ3) is 7.10. The molecule has 0 spiro atoms. The van der Waals surface area contributed by atoms with E-state index in [4.69, 9.17) is 14.2 Å². The Morgan fingerprint density at radius 2 is 1.09 bits per heavy atom. The highest BCUT2D eigenvalue weighted by Crippen LogP contribution is 2.30. The largest absolute Gasteiger partial charge is 0.485 e. The summed E-state index contributed by atoms with van der Waals surface area (Å²) in [5.41, 5.74) is 3.89. The van der Waals surface area contributed by atoms with Crippen molar-refractivity contribution < 1.29 is 19.0 Å². The van der Waals surface area contributed by atoms with E-state index in [1.165, 1.54) is 6.08 Å². The first-order valence-electron chi connectivity index (χ1n) is 11.1. The summed E-state index contributed by atoms with van der Waals surface area (Å²) < 4.78 is 17.4. The highest BCUT2D eigenvalue weighted by Gasteiger charge is 2.08. The lowest BCUT2D eigenvalue weighted by molar-refractivity contribution is -0.138. The first kappa shape index (κ1) is 22.9. The van der Waals surface area contributed by atoms with Crippen molar-refractivity contribution in [3.8, 4) is 11.5 Å². The molecular weight excluding hydrogens is 424 g/mol. The van der Waals surface area contributed by atoms with Crippen LogP contribution < -0.4 is 9.47 Å². The van der Waals surface area contributed by atoms with Crippen LogP contribution in [0.25, 0.3) is 6.08 Å². The normalized spacial score (nSPS) is 10.7. The fourth-order valence-electron chi connectivity index (χ4n) is 3.27. The summed E-state index contributed by atoms with van der Waals surface area (Å²) in [6.07, 6.45) is 3.13. The molecule has 4 heteroatoms. The maximum atomic E-state index is 12.1. The molecule has 34 heavy (non-hydrogen) atoms. The molecule has 170 valence electrons. The molecule has 0 aromatic heterocycles. The van der Waals surface area contributed by atoms with E-state index in [-0.39, 0.29) is 6.61 Å². The predicted octanol–water partition coefficient (Wildman–Crippen LogP) is 6.60. The van der Waals surface area contributed by atoms with Gasteiger partial charge in [0.1, 0.15) is 19.8 Å². The smallest absolute Gasteiger partial charge is 0.331 e. The molecule has 4 aromatic carbocycles. The highest BCUT2D eigenvalue weighted by molar-refractivity contribution is 5.87. The average Bonchev–Trinajstić information content (AvgIpc) is 2.90. The average molecular weight is 451 g/mol. The van der Waals surface area contributed by atoms with Crippen LogP contribution in [-0.4, -0.2) is 5.97 Å². The van der Waals surface area contributed by atoms with E-state index in [9.17, 15) is 4.79 Å². The Morgan fingerprint density at radius 3 is 1.65 bits per heavy atom. The molecule has 0 bridgehead atoms. The molecule has 0 amide bonds. The van der Waals surface area contributed by atoms with Gasteiger partial charge in [0.15, 0.2) is 11.5 Å². The van der Waals surface area contributed by atoms with Crippen LogP contribution in [0.1, 0.15) is 22.3 Å². The van der Waals surface area contributed by atoms with Gasteiger partial charge in [-0.3, -0.25) is 0 Å². The molecule has 0 aliphatic rings. The van der Waals surface area contributed by atoms with E-state index in [1.807, 2.05) is 109 Å². The molecule has 0 heterocycles. The van der Waals surface area contributed by atoms with Gasteiger partial charge in [0.25, 0.3) is 0 Å². The summed E-state index contributed by atoms with van der Waals surface area (Å²) in [7, 11) is 0. The zero-order valence-electron chi connectivity index (χ0n) is 18.8. The Balaban J connectivity index is 1.44. The summed E-state index contributed by atoms with van der Waals surface area (Å²) in [6, 6.07) is 35.1. The molecule has 0 saturated carbocycles. The van der Waals surface area contributed by atoms with E-state index in [1.54, 1.807) is 6.08 Å². The molecular formula is C30H26O4. The Bertz CT molecular complexity index is 1200. The second-order valence-electron chi connectivity index (χ2n) is 7.68. The van der Waals surface area contributed by atoms with Gasteiger partial charge >= 0.3 is 5.97 Å². The lowest BCUT2D eigenvalue weighted by Gasteiger charge is -2.14. The number of ether oxygens (including phenoxy) is 3. The molecule has 4 aromatic rings. The van der Waals surface area contributed by atoms with Crippen LogP contribution in [0, 0.1) is 0 Å². The number of carbonyl (C=O) groups excluding carboxylic acids is 1. The lowest BCUT2D eigenvalue weighted by atomic mass is 10.1. The number of hydrogen-bond donors (Lipinski definition) is 0. The van der Waals surface area contributed by atoms with Crippen molar-refractivity contribution in [1.82, 2.24) is 0 Å². The van der Waals surface area contributed by atoms with Gasteiger partial charge < -0.3 is 14.2 Å². The fourth-order valence-corrected chi connectivity index (χ4v) is 3.27. The van der Waals surface area contributed by atoms with Gasteiger partial charge in [-0.05, 0) is 40.5 Å². The molecule has 0 N–H and O–H groups in total. The van der Waals surface area contributed by atoms with Gasteiger partial charge in [-0.2, -0.15) is 0 Å². The van der Waals surface area contributed by atoms with Gasteiger partial charge in [-0.25, -0.2) is 4.79 Å². The summed E-state index contributed by atoms with van der Waals surface area (Å²) in [4.78, 5) is 12.1. The minimum absolute atomic E-state index is 0.238. The maximum Gasteiger partial charge on any atom is 0.331 e. The van der Waals surface area contributed by atoms with Crippen LogP contribution in [0.5, 0.6) is 11.5 Å². The second-order valence-corrected chi connectivity index (χ2v) is 7.68. The minimum atomic E-state index is -0.403. The van der Waals surface area contributed by atoms with Crippen LogP contribution in [-0.2, 0) is 29.4 Å². The Labute approximate surface area is 200 Å². The van der Waals surface area contributed by atoms with Gasteiger partial charge in [0.05, 0.1) is 0 Å². The van der Waals surface area contributed by atoms with Crippen LogP contribution >= 0.6 is 0 Å². The van der Waals surface area contributed by atoms with Gasteiger partial charge in [0, 0.05) is 6.08 Å². The van der Waals surface area contributed by atoms with E-state index < -0.39 is 5.97 Å². The van der Waals surface area contributed by atoms with Crippen LogP contribution in [0.4, 0.5) is 0 Å². The van der Waals surface area contributed by atoms with E-state index in [0.29, 0.717) is 24.7 Å². The molecule has 0 aliphatic carbocycles. The molecule has 4 rings (SSSR count). The molecule has 0 fully saturated rings. The van der Waals surface area contributed by atoms with Crippen LogP contribution in [0.3, 0.4) is 0 Å². The number of hydrogen-bond acceptors (Lipinski definition) is 4. The van der Waals surface area contributed by atoms with Gasteiger partial charge in [-0.1, -0.05) is 97.1 Å². The maximum absolute atomic E-state index is 12.1. The fraction of sp³-hybridized carbons (Fsp3) is 0.100. The molecule has 4 nitrogen and oxygen atoms in total. The van der Waals surface area contributed by atoms with Crippen LogP contribution in [0.15, 0.2) is 115 Å². The minimum Gasteiger partial charge on any atom is -0.485 e. The van der Waals surface area contributed by atoms with Crippen molar-refractivity contribution in [3.63, 3.8) is 0 Å². The first-order chi connectivity index (χ1) is 16.8. The van der Waals surface area contributed by atoms with Crippen LogP contribution in [0.2, 0.25) is 0 Å². The van der Waals surface area contributed by atoms with Gasteiger partial charge in [-0.15, -0.1) is 0 Å². The zero-order chi connectivity index (χ0) is 23.4. The van der Waals surface area contributed by atoms with E-state index in [0.717, 1.165) is 22.3 Å². The van der Waals surface area contributed by atoms with Crippen molar-refractivity contribution in [3.05, 3.63) is 138 Å². The standard InChI is InChI=1S/C30H26O4/c31-30(34-23-27-14-8-3-9-15-27)19-17-24-16-18-28(32-21-25-10-4-1-5-11-25)29(20-24)33-22-26-12-6-2-7-13-26/h1-20H,21-23H2/b19-17-. The molecule has 0 unspecified atom stereocenters. The predicted molar refractivity (Wildman–Crippen MR) is 133 cm³/mol. The Kier molecular flexibility index (Phi) is 8.12. The third-order valence-electron chi connectivity index (χ3n) is 5.08. The third-order valence-corrected chi connectivity index (χ3v) is 5.08. The highest BCUT2D eigenvalue weighted by atomic mass is 16.5. The lowest BCUT2D eigenvalue weighted by Crippen LogP contribution is -2.01. The molecule has 0 radical (unpaired) electrons. The summed E-state index contributed by atoms with van der Waals surface area (Å²) in [6.45, 7) is 1.08. The van der Waals surface area contributed by atoms with Crippen molar-refractivity contribution in [2.24, 2.45) is 0 Å². The quantitative estimate of drug-likeness (QED) is 0.202. The number of rotatable bonds is 10. The summed E-state index contributed by atoms with van der Waals surface area (Å²) in [5.74, 6) is 0.850. The van der Waals surface area contributed by atoms with E-state index in [2.05, 4.69) is 0 Å². The second kappa shape index (κ2) is 12.1. The molecule has 0 aliphatic heterocycles. The van der Waals surface area contributed by atoms with Crippen molar-refractivity contribution in [2.75, 3.05) is 0 Å². The first-order valence-corrected chi connectivity index (χ1v) is 11.1. The topological polar surface area (TPSA) is 44.8 Å². The molecule has 0 atom stereocenters. The zero-order valence-corrected chi connectivity index (χ0v) is 18.8. The van der Waals surface area contributed by atoms with Gasteiger partial charge in [0.2, 0.25) is 0 Å². The van der Waals surface area contributed by atoms with E-state index >= 15 is 0 Å². The van der Waals surface area contributed by atoms with Crippen molar-refractivity contribution in [2.45, 2.75) is 19.8 Å². The van der Waals surface area contributed by atoms with Crippen molar-refractivity contribution >= 4 is 12.0 Å². The molecule has 0 saturated heterocycles. The Hall–Kier alpha value is -4.31. The monoisotopic (exact) mass is 450 g/mol. The van der Waals surface area contributed by atoms with Crippen molar-refractivity contribution in [1.29, 1.82) is 0 Å². The number of benzene rings is 4. The summed E-state index contributed by atoms with van der Waals surface area (Å²) >= 11 is 0. The summed E-state index contributed by atoms with van der Waals surface area (Å²) in [5, 5.41) is 0. The Morgan fingerprint density at radius 1 is 0.588 bits per heavy atom. The number of carbonyl (C=O) groups is 1. The number of esters is 1. The SMILES string of the molecule is O=C(/C=C\c1ccc(OCc2ccccc2)c(OCc2ccccc2)c1)OCc1ccccc1.